The molecule has 0 atom stereocenters. The van der Waals surface area contributed by atoms with Gasteiger partial charge in [0.1, 0.15) is 6.33 Å². The van der Waals surface area contributed by atoms with Gasteiger partial charge in [-0.2, -0.15) is 4.73 Å². The normalized spacial score (nSPS) is 10.1. The first-order valence-electron chi connectivity index (χ1n) is 3.50. The van der Waals surface area contributed by atoms with Gasteiger partial charge in [0.25, 0.3) is 0 Å². The van der Waals surface area contributed by atoms with Gasteiger partial charge < -0.3 is 11.8 Å². The van der Waals surface area contributed by atoms with Gasteiger partial charge in [-0.1, -0.05) is 0 Å². The number of hydrogen-bond donors (Lipinski definition) is 3. The summed E-state index contributed by atoms with van der Waals surface area (Å²) >= 11 is 0. The van der Waals surface area contributed by atoms with Crippen molar-refractivity contribution in [1.82, 2.24) is 9.71 Å². The van der Waals surface area contributed by atoms with E-state index in [-0.39, 0.29) is 43.4 Å². The van der Waals surface area contributed by atoms with Crippen LogP contribution in [0.25, 0.3) is 0 Å². The van der Waals surface area contributed by atoms with E-state index >= 15 is 0 Å². The molecule has 0 aromatic carbocycles. The van der Waals surface area contributed by atoms with Crippen molar-refractivity contribution in [3.63, 3.8) is 0 Å². The second-order valence-electron chi connectivity index (χ2n) is 2.34. The summed E-state index contributed by atoms with van der Waals surface area (Å²) in [6.45, 7) is 0.424. The average Bonchev–Trinajstić information content (AvgIpc) is 2.33. The van der Waals surface area contributed by atoms with Gasteiger partial charge in [-0.05, 0) is 6.54 Å². The van der Waals surface area contributed by atoms with E-state index < -0.39 is 7.82 Å². The summed E-state index contributed by atoms with van der Waals surface area (Å²) < 4.78 is 15.4. The first-order chi connectivity index (χ1) is 6.01. The quantitative estimate of drug-likeness (QED) is 0.385. The van der Waals surface area contributed by atoms with Gasteiger partial charge in [0, 0.05) is 6.42 Å². The topological polar surface area (TPSA) is 111 Å². The zero-order valence-electron chi connectivity index (χ0n) is 9.11. The number of imidazole rings is 1. The second kappa shape index (κ2) is 7.65. The molecule has 7 nitrogen and oxygen atoms in total. The molecule has 0 radical (unpaired) electrons. The summed E-state index contributed by atoms with van der Waals surface area (Å²) in [7, 11) is -4.50. The predicted molar refractivity (Wildman–Crippen MR) is 52.0 cm³/mol. The van der Waals surface area contributed by atoms with Gasteiger partial charge in [-0.3, -0.25) is 9.79 Å². The Morgan fingerprint density at radius 2 is 2.27 bits per heavy atom. The fourth-order valence-electron chi connectivity index (χ4n) is 0.789. The smallest absolute Gasteiger partial charge is 1.00 e. The molecule has 1 rings (SSSR count). The molecule has 0 aliphatic rings. The summed E-state index contributed by atoms with van der Waals surface area (Å²) in [5, 5.41) is 0. The molecule has 0 aliphatic heterocycles. The molecule has 1 aromatic heterocycles. The molecule has 1 heterocycles. The number of hydrogen-bond acceptors (Lipinski definition) is 4. The molecular formula is C5H12ClN3NaO4P. The van der Waals surface area contributed by atoms with Crippen molar-refractivity contribution in [2.24, 2.45) is 5.73 Å². The second-order valence-corrected chi connectivity index (χ2v) is 3.48. The molecular weight excluding hydrogens is 255 g/mol. The number of halogens is 1. The predicted octanol–water partition coefficient (Wildman–Crippen LogP) is -3.56. The molecule has 4 N–H and O–H groups in total. The maximum absolute atomic E-state index is 10.4. The Bertz CT molecular complexity index is 335. The first-order valence-corrected chi connectivity index (χ1v) is 5.03. The Morgan fingerprint density at radius 1 is 1.67 bits per heavy atom. The Labute approximate surface area is 116 Å². The summed E-state index contributed by atoms with van der Waals surface area (Å²) in [6.07, 6.45) is 3.08. The standard InChI is InChI=1S/C5H10N3O4P.ClH.Na.H/c6-2-1-5-3-8(4-7-5)12-13(9,10)11;;;/h3-4H,1-2,6H2,(H2,9,10,11);1H;;/q;;+1;-1. The van der Waals surface area contributed by atoms with Crippen molar-refractivity contribution in [3.05, 3.63) is 18.2 Å². The SMILES string of the molecule is Cl.NCCc1cn(OP(=O)(O)O)cn1.[H-].[Na+]. The van der Waals surface area contributed by atoms with Crippen molar-refractivity contribution >= 4 is 20.2 Å². The fraction of sp³-hybridized carbons (Fsp3) is 0.400. The molecule has 0 amide bonds. The van der Waals surface area contributed by atoms with Crippen molar-refractivity contribution in [3.8, 4) is 0 Å². The van der Waals surface area contributed by atoms with E-state index in [1.807, 2.05) is 0 Å². The monoisotopic (exact) mass is 267 g/mol. The third-order valence-electron chi connectivity index (χ3n) is 1.21. The summed E-state index contributed by atoms with van der Waals surface area (Å²) in [5.74, 6) is 0. The van der Waals surface area contributed by atoms with Crippen molar-refractivity contribution in [2.45, 2.75) is 6.42 Å². The minimum atomic E-state index is -4.50. The van der Waals surface area contributed by atoms with Gasteiger partial charge in [-0.25, -0.2) is 9.55 Å². The van der Waals surface area contributed by atoms with Gasteiger partial charge in [0.15, 0.2) is 0 Å². The number of nitrogens with two attached hydrogens (primary N) is 1. The van der Waals surface area contributed by atoms with E-state index in [1.54, 1.807) is 0 Å². The van der Waals surface area contributed by atoms with Gasteiger partial charge in [0.2, 0.25) is 0 Å². The van der Waals surface area contributed by atoms with Gasteiger partial charge in [-0.15, -0.1) is 12.4 Å². The molecule has 15 heavy (non-hydrogen) atoms. The van der Waals surface area contributed by atoms with Crippen LogP contribution in [0, 0.1) is 0 Å². The van der Waals surface area contributed by atoms with Gasteiger partial charge >= 0.3 is 37.4 Å². The largest absolute Gasteiger partial charge is 1.00 e. The third kappa shape index (κ3) is 7.32. The van der Waals surface area contributed by atoms with E-state index in [1.165, 1.54) is 12.5 Å². The van der Waals surface area contributed by atoms with E-state index in [0.717, 1.165) is 4.73 Å². The molecule has 0 aliphatic carbocycles. The van der Waals surface area contributed by atoms with E-state index in [4.69, 9.17) is 15.5 Å². The van der Waals surface area contributed by atoms with Crippen molar-refractivity contribution in [2.75, 3.05) is 6.54 Å². The summed E-state index contributed by atoms with van der Waals surface area (Å²) in [4.78, 5) is 20.7. The molecule has 0 fully saturated rings. The molecule has 84 valence electrons. The van der Waals surface area contributed by atoms with Crippen LogP contribution in [0.15, 0.2) is 12.5 Å². The Morgan fingerprint density at radius 3 is 2.73 bits per heavy atom. The maximum Gasteiger partial charge on any atom is 1.00 e. The van der Waals surface area contributed by atoms with Crippen LogP contribution < -0.4 is 39.9 Å². The van der Waals surface area contributed by atoms with Crippen LogP contribution in [0.4, 0.5) is 0 Å². The van der Waals surface area contributed by atoms with Crippen LogP contribution >= 0.6 is 20.2 Å². The van der Waals surface area contributed by atoms with Gasteiger partial charge in [0.05, 0.1) is 11.9 Å². The first kappa shape index (κ1) is 17.8. The maximum atomic E-state index is 10.4. The third-order valence-corrected chi connectivity index (χ3v) is 1.62. The van der Waals surface area contributed by atoms with E-state index in [2.05, 4.69) is 9.61 Å². The molecule has 10 heteroatoms. The Kier molecular flexibility index (Phi) is 9.07. The van der Waals surface area contributed by atoms with E-state index in [9.17, 15) is 4.57 Å². The van der Waals surface area contributed by atoms with E-state index in [0.29, 0.717) is 18.7 Å². The van der Waals surface area contributed by atoms with Crippen LogP contribution in [0.2, 0.25) is 0 Å². The number of nitrogens with zero attached hydrogens (tertiary/aromatic N) is 2. The molecule has 0 bridgehead atoms. The summed E-state index contributed by atoms with van der Waals surface area (Å²) in [5.41, 5.74) is 5.87. The molecule has 0 saturated carbocycles. The van der Waals surface area contributed by atoms with Crippen LogP contribution in [0.5, 0.6) is 0 Å². The zero-order chi connectivity index (χ0) is 9.90. The van der Waals surface area contributed by atoms with Crippen molar-refractivity contribution < 1.29 is 50.0 Å². The minimum absolute atomic E-state index is 0. The average molecular weight is 268 g/mol. The number of phosphoric acid groups is 1. The van der Waals surface area contributed by atoms with Crippen molar-refractivity contribution in [1.29, 1.82) is 0 Å². The van der Waals surface area contributed by atoms with Crippen LogP contribution in [-0.2, 0) is 11.0 Å². The summed E-state index contributed by atoms with van der Waals surface area (Å²) in [6, 6.07) is 0. The zero-order valence-corrected chi connectivity index (χ0v) is 11.8. The molecule has 0 spiro atoms. The fourth-order valence-corrected chi connectivity index (χ4v) is 1.12. The van der Waals surface area contributed by atoms with Crippen LogP contribution in [0.3, 0.4) is 0 Å². The molecule has 0 unspecified atom stereocenters. The Balaban J connectivity index is -0.000000563. The molecule has 0 saturated heterocycles. The minimum Gasteiger partial charge on any atom is -1.00 e. The van der Waals surface area contributed by atoms with Crippen LogP contribution in [0.1, 0.15) is 7.12 Å². The molecule has 1 aromatic rings. The van der Waals surface area contributed by atoms with Crippen LogP contribution in [-0.4, -0.2) is 26.0 Å². The number of aromatic nitrogens is 2. The Hall–Kier alpha value is 0.410. The number of rotatable bonds is 4.